The molecule has 0 bridgehead atoms. The van der Waals surface area contributed by atoms with Gasteiger partial charge in [0.15, 0.2) is 0 Å². The lowest BCUT2D eigenvalue weighted by Crippen LogP contribution is -2.29. The van der Waals surface area contributed by atoms with Gasteiger partial charge in [0.05, 0.1) is 18.0 Å². The van der Waals surface area contributed by atoms with Crippen LogP contribution in [0.1, 0.15) is 5.56 Å². The Hall–Kier alpha value is -1.71. The number of amides is 1. The van der Waals surface area contributed by atoms with E-state index in [1.165, 1.54) is 0 Å². The first-order valence-corrected chi connectivity index (χ1v) is 7.29. The second-order valence-corrected chi connectivity index (χ2v) is 5.28. The van der Waals surface area contributed by atoms with E-state index in [1.807, 2.05) is 24.3 Å². The van der Waals surface area contributed by atoms with Gasteiger partial charge in [-0.3, -0.25) is 4.79 Å². The third-order valence-corrected chi connectivity index (χ3v) is 3.36. The number of halogens is 2. The van der Waals surface area contributed by atoms with Crippen molar-refractivity contribution in [2.24, 2.45) is 0 Å². The van der Waals surface area contributed by atoms with Crippen LogP contribution in [0.2, 0.25) is 10.0 Å². The van der Waals surface area contributed by atoms with Crippen LogP contribution in [0.5, 0.6) is 5.75 Å². The van der Waals surface area contributed by atoms with Gasteiger partial charge < -0.3 is 10.1 Å². The summed E-state index contributed by atoms with van der Waals surface area (Å²) in [6, 6.07) is 14.4. The molecule has 0 spiro atoms. The molecule has 0 unspecified atom stereocenters. The first-order chi connectivity index (χ1) is 10.1. The van der Waals surface area contributed by atoms with Gasteiger partial charge in [-0.1, -0.05) is 47.5 Å². The molecule has 0 heterocycles. The number of carbonyl (C=O) groups excluding carboxylic acids is 1. The maximum absolute atomic E-state index is 11.7. The Labute approximate surface area is 133 Å². The Kier molecular flexibility index (Phi) is 5.90. The van der Waals surface area contributed by atoms with E-state index in [2.05, 4.69) is 5.32 Å². The lowest BCUT2D eigenvalue weighted by molar-refractivity contribution is -0.120. The smallest absolute Gasteiger partial charge is 0.224 e. The highest BCUT2D eigenvalue weighted by Gasteiger charge is 2.04. The first-order valence-electron chi connectivity index (χ1n) is 6.53. The van der Waals surface area contributed by atoms with Gasteiger partial charge in [0, 0.05) is 5.02 Å². The van der Waals surface area contributed by atoms with Crippen molar-refractivity contribution in [1.82, 2.24) is 5.32 Å². The molecule has 1 amide bonds. The Morgan fingerprint density at radius 3 is 2.48 bits per heavy atom. The summed E-state index contributed by atoms with van der Waals surface area (Å²) < 4.78 is 5.49. The number of hydrogen-bond acceptors (Lipinski definition) is 2. The molecule has 0 aliphatic carbocycles. The maximum atomic E-state index is 11.7. The molecule has 2 aromatic carbocycles. The summed E-state index contributed by atoms with van der Waals surface area (Å²) in [7, 11) is 0. The second-order valence-electron chi connectivity index (χ2n) is 4.43. The molecule has 0 aromatic heterocycles. The van der Waals surface area contributed by atoms with Crippen LogP contribution in [0.4, 0.5) is 0 Å². The van der Waals surface area contributed by atoms with E-state index in [9.17, 15) is 4.79 Å². The molecule has 0 radical (unpaired) electrons. The van der Waals surface area contributed by atoms with Gasteiger partial charge >= 0.3 is 0 Å². The van der Waals surface area contributed by atoms with Crippen LogP contribution in [-0.4, -0.2) is 19.1 Å². The van der Waals surface area contributed by atoms with Gasteiger partial charge in [-0.25, -0.2) is 0 Å². The van der Waals surface area contributed by atoms with Gasteiger partial charge in [-0.15, -0.1) is 0 Å². The molecule has 110 valence electrons. The predicted molar refractivity (Wildman–Crippen MR) is 85.1 cm³/mol. The molecule has 0 fully saturated rings. The van der Waals surface area contributed by atoms with E-state index in [-0.39, 0.29) is 5.91 Å². The summed E-state index contributed by atoms with van der Waals surface area (Å²) in [4.78, 5) is 11.7. The minimum Gasteiger partial charge on any atom is -0.490 e. The first kappa shape index (κ1) is 15.7. The monoisotopic (exact) mass is 323 g/mol. The van der Waals surface area contributed by atoms with E-state index >= 15 is 0 Å². The third kappa shape index (κ3) is 5.29. The lowest BCUT2D eigenvalue weighted by atomic mass is 10.1. The number of rotatable bonds is 6. The van der Waals surface area contributed by atoms with E-state index < -0.39 is 0 Å². The van der Waals surface area contributed by atoms with Gasteiger partial charge in [0.25, 0.3) is 0 Å². The molecule has 0 aliphatic rings. The Bertz CT molecular complexity index is 599. The molecule has 3 nitrogen and oxygen atoms in total. The van der Waals surface area contributed by atoms with Gasteiger partial charge in [0.2, 0.25) is 5.91 Å². The Morgan fingerprint density at radius 2 is 1.76 bits per heavy atom. The quantitative estimate of drug-likeness (QED) is 0.822. The highest BCUT2D eigenvalue weighted by atomic mass is 35.5. The third-order valence-electron chi connectivity index (χ3n) is 2.80. The van der Waals surface area contributed by atoms with Crippen molar-refractivity contribution in [1.29, 1.82) is 0 Å². The molecule has 2 rings (SSSR count). The van der Waals surface area contributed by atoms with Crippen LogP contribution in [0, 0.1) is 0 Å². The van der Waals surface area contributed by atoms with Crippen LogP contribution in [0.3, 0.4) is 0 Å². The summed E-state index contributed by atoms with van der Waals surface area (Å²) >= 11 is 11.8. The predicted octanol–water partition coefficient (Wildman–Crippen LogP) is 3.73. The van der Waals surface area contributed by atoms with E-state index in [0.29, 0.717) is 35.4 Å². The van der Waals surface area contributed by atoms with Crippen molar-refractivity contribution >= 4 is 29.1 Å². The summed E-state index contributed by atoms with van der Waals surface area (Å²) in [6.07, 6.45) is 0.323. The summed E-state index contributed by atoms with van der Waals surface area (Å²) in [5, 5.41) is 4.02. The molecule has 1 N–H and O–H groups in total. The normalized spacial score (nSPS) is 10.2. The summed E-state index contributed by atoms with van der Waals surface area (Å²) in [5.74, 6) is 0.561. The van der Waals surface area contributed by atoms with Crippen molar-refractivity contribution in [3.05, 3.63) is 64.1 Å². The fourth-order valence-corrected chi connectivity index (χ4v) is 2.08. The SMILES string of the molecule is O=C(Cc1ccc(Cl)cc1)NCCOc1ccccc1Cl. The van der Waals surface area contributed by atoms with Crippen molar-refractivity contribution in [3.63, 3.8) is 0 Å². The fraction of sp³-hybridized carbons (Fsp3) is 0.188. The molecule has 0 aliphatic heterocycles. The zero-order valence-corrected chi connectivity index (χ0v) is 12.8. The van der Waals surface area contributed by atoms with E-state index in [1.54, 1.807) is 24.3 Å². The average Bonchev–Trinajstić information content (AvgIpc) is 2.48. The fourth-order valence-electron chi connectivity index (χ4n) is 1.76. The van der Waals surface area contributed by atoms with Crippen LogP contribution in [-0.2, 0) is 11.2 Å². The standard InChI is InChI=1S/C16H15Cl2NO2/c17-13-7-5-12(6-8-13)11-16(20)19-9-10-21-15-4-2-1-3-14(15)18/h1-8H,9-11H2,(H,19,20). The zero-order chi connectivity index (χ0) is 15.1. The van der Waals surface area contributed by atoms with Crippen LogP contribution in [0.25, 0.3) is 0 Å². The minimum atomic E-state index is -0.0555. The average molecular weight is 324 g/mol. The van der Waals surface area contributed by atoms with Crippen LogP contribution < -0.4 is 10.1 Å². The number of benzene rings is 2. The summed E-state index contributed by atoms with van der Waals surface area (Å²) in [5.41, 5.74) is 0.920. The zero-order valence-electron chi connectivity index (χ0n) is 11.3. The lowest BCUT2D eigenvalue weighted by Gasteiger charge is -2.09. The highest BCUT2D eigenvalue weighted by molar-refractivity contribution is 6.32. The molecule has 5 heteroatoms. The number of hydrogen-bond donors (Lipinski definition) is 1. The highest BCUT2D eigenvalue weighted by Crippen LogP contribution is 2.22. The maximum Gasteiger partial charge on any atom is 0.224 e. The second kappa shape index (κ2) is 7.91. The Balaban J connectivity index is 1.70. The molecular weight excluding hydrogens is 309 g/mol. The number of para-hydroxylation sites is 1. The van der Waals surface area contributed by atoms with Crippen LogP contribution in [0.15, 0.2) is 48.5 Å². The van der Waals surface area contributed by atoms with Crippen molar-refractivity contribution < 1.29 is 9.53 Å². The molecule has 0 saturated carbocycles. The number of ether oxygens (including phenoxy) is 1. The topological polar surface area (TPSA) is 38.3 Å². The van der Waals surface area contributed by atoms with Gasteiger partial charge in [-0.05, 0) is 29.8 Å². The number of carbonyl (C=O) groups is 1. The van der Waals surface area contributed by atoms with Crippen molar-refractivity contribution in [3.8, 4) is 5.75 Å². The molecular formula is C16H15Cl2NO2. The molecule has 21 heavy (non-hydrogen) atoms. The minimum absolute atomic E-state index is 0.0555. The number of nitrogens with one attached hydrogen (secondary N) is 1. The molecule has 0 atom stereocenters. The van der Waals surface area contributed by atoms with Crippen LogP contribution >= 0.6 is 23.2 Å². The molecule has 0 saturated heterocycles. The van der Waals surface area contributed by atoms with Gasteiger partial charge in [0.1, 0.15) is 12.4 Å². The van der Waals surface area contributed by atoms with E-state index in [0.717, 1.165) is 5.56 Å². The van der Waals surface area contributed by atoms with Gasteiger partial charge in [-0.2, -0.15) is 0 Å². The molecule has 2 aromatic rings. The van der Waals surface area contributed by atoms with Crippen molar-refractivity contribution in [2.45, 2.75) is 6.42 Å². The summed E-state index contributed by atoms with van der Waals surface area (Å²) in [6.45, 7) is 0.799. The largest absolute Gasteiger partial charge is 0.490 e. The van der Waals surface area contributed by atoms with E-state index in [4.69, 9.17) is 27.9 Å². The Morgan fingerprint density at radius 1 is 1.05 bits per heavy atom. The van der Waals surface area contributed by atoms with Crippen molar-refractivity contribution in [2.75, 3.05) is 13.2 Å².